The lowest BCUT2D eigenvalue weighted by Crippen LogP contribution is -2.48. The van der Waals surface area contributed by atoms with E-state index in [1.807, 2.05) is 18.2 Å². The van der Waals surface area contributed by atoms with Gasteiger partial charge >= 0.3 is 0 Å². The van der Waals surface area contributed by atoms with Gasteiger partial charge < -0.3 is 15.8 Å². The fourth-order valence-corrected chi connectivity index (χ4v) is 4.61. The number of fused-ring (bicyclic) bond motifs is 2. The average molecular weight is 342 g/mol. The van der Waals surface area contributed by atoms with Gasteiger partial charge in [-0.25, -0.2) is 0 Å². The lowest BCUT2D eigenvalue weighted by atomic mass is 9.65. The molecule has 1 amide bonds. The van der Waals surface area contributed by atoms with E-state index < -0.39 is 0 Å². The first-order valence-electron chi connectivity index (χ1n) is 9.92. The molecule has 3 saturated carbocycles. The van der Waals surface area contributed by atoms with Gasteiger partial charge in [-0.2, -0.15) is 0 Å². The maximum atomic E-state index is 12.7. The summed E-state index contributed by atoms with van der Waals surface area (Å²) in [6.07, 6.45) is 8.18. The molecule has 25 heavy (non-hydrogen) atoms. The van der Waals surface area contributed by atoms with E-state index in [4.69, 9.17) is 10.5 Å². The third-order valence-corrected chi connectivity index (χ3v) is 6.30. The highest BCUT2D eigenvalue weighted by molar-refractivity contribution is 5.92. The molecular formula is C21H30N2O2. The quantitative estimate of drug-likeness (QED) is 0.828. The fourth-order valence-electron chi connectivity index (χ4n) is 4.61. The number of anilines is 1. The second-order valence-electron chi connectivity index (χ2n) is 8.34. The van der Waals surface area contributed by atoms with Gasteiger partial charge in [0.15, 0.2) is 0 Å². The van der Waals surface area contributed by atoms with Gasteiger partial charge in [-0.05, 0) is 74.0 Å². The van der Waals surface area contributed by atoms with E-state index in [1.165, 1.54) is 32.1 Å². The molecule has 4 rings (SSSR count). The smallest absolute Gasteiger partial charge is 0.227 e. The molecule has 0 aliphatic heterocycles. The molecule has 4 nitrogen and oxygen atoms in total. The van der Waals surface area contributed by atoms with E-state index in [9.17, 15) is 4.79 Å². The summed E-state index contributed by atoms with van der Waals surface area (Å²) in [6.45, 7) is 1.49. The highest BCUT2D eigenvalue weighted by Crippen LogP contribution is 2.42. The van der Waals surface area contributed by atoms with Crippen molar-refractivity contribution in [2.75, 3.05) is 11.9 Å². The minimum Gasteiger partial charge on any atom is -0.376 e. The summed E-state index contributed by atoms with van der Waals surface area (Å²) >= 11 is 0. The second kappa shape index (κ2) is 7.46. The number of rotatable bonds is 6. The van der Waals surface area contributed by atoms with Crippen LogP contribution < -0.4 is 11.1 Å². The third kappa shape index (κ3) is 4.24. The van der Waals surface area contributed by atoms with Gasteiger partial charge in [0, 0.05) is 24.3 Å². The summed E-state index contributed by atoms with van der Waals surface area (Å²) in [4.78, 5) is 12.7. The lowest BCUT2D eigenvalue weighted by molar-refractivity contribution is -0.122. The number of nitrogens with two attached hydrogens (primary N) is 1. The van der Waals surface area contributed by atoms with Crippen molar-refractivity contribution in [1.82, 2.24) is 0 Å². The van der Waals surface area contributed by atoms with E-state index in [0.29, 0.717) is 24.5 Å². The maximum Gasteiger partial charge on any atom is 0.227 e. The van der Waals surface area contributed by atoms with Gasteiger partial charge in [0.2, 0.25) is 5.91 Å². The van der Waals surface area contributed by atoms with Crippen molar-refractivity contribution in [3.05, 3.63) is 29.8 Å². The van der Waals surface area contributed by atoms with Gasteiger partial charge in [0.1, 0.15) is 0 Å². The van der Waals surface area contributed by atoms with Crippen LogP contribution in [0.25, 0.3) is 0 Å². The Bertz CT molecular complexity index is 600. The first kappa shape index (κ1) is 17.0. The minimum atomic E-state index is 0.116. The molecule has 3 aliphatic carbocycles. The van der Waals surface area contributed by atoms with Crippen LogP contribution in [0, 0.1) is 23.7 Å². The van der Waals surface area contributed by atoms with Gasteiger partial charge in [0.25, 0.3) is 0 Å². The Hall–Kier alpha value is -1.39. The number of nitrogens with one attached hydrogen (secondary N) is 1. The molecule has 0 radical (unpaired) electrons. The van der Waals surface area contributed by atoms with E-state index in [-0.39, 0.29) is 11.8 Å². The normalized spacial score (nSPS) is 31.6. The molecular weight excluding hydrogens is 312 g/mol. The van der Waals surface area contributed by atoms with E-state index in [0.717, 1.165) is 36.6 Å². The zero-order valence-electron chi connectivity index (χ0n) is 15.0. The Morgan fingerprint density at radius 2 is 1.92 bits per heavy atom. The van der Waals surface area contributed by atoms with Crippen LogP contribution in [0.15, 0.2) is 24.3 Å². The van der Waals surface area contributed by atoms with Crippen LogP contribution in [-0.4, -0.2) is 18.6 Å². The van der Waals surface area contributed by atoms with Crippen LogP contribution in [0.2, 0.25) is 0 Å². The van der Waals surface area contributed by atoms with E-state index >= 15 is 0 Å². The van der Waals surface area contributed by atoms with E-state index in [1.54, 1.807) is 0 Å². The van der Waals surface area contributed by atoms with Gasteiger partial charge in [-0.1, -0.05) is 18.6 Å². The first-order chi connectivity index (χ1) is 12.2. The van der Waals surface area contributed by atoms with Crippen LogP contribution in [0.1, 0.15) is 50.5 Å². The van der Waals surface area contributed by atoms with Crippen molar-refractivity contribution in [3.63, 3.8) is 0 Å². The molecule has 3 aliphatic rings. The predicted octanol–water partition coefficient (Wildman–Crippen LogP) is 3.71. The predicted molar refractivity (Wildman–Crippen MR) is 99.0 cm³/mol. The summed E-state index contributed by atoms with van der Waals surface area (Å²) in [5.74, 6) is 2.13. The molecule has 1 aromatic rings. The molecule has 2 bridgehead atoms. The number of carbonyl (C=O) groups excluding carboxylic acids is 1. The summed E-state index contributed by atoms with van der Waals surface area (Å²) in [7, 11) is 0. The van der Waals surface area contributed by atoms with Crippen molar-refractivity contribution < 1.29 is 9.53 Å². The molecule has 4 heteroatoms. The third-order valence-electron chi connectivity index (χ3n) is 6.30. The highest BCUT2D eigenvalue weighted by Gasteiger charge is 2.40. The van der Waals surface area contributed by atoms with E-state index in [2.05, 4.69) is 11.4 Å². The zero-order chi connectivity index (χ0) is 17.2. The molecule has 0 aromatic heterocycles. The Labute approximate surface area is 150 Å². The zero-order valence-corrected chi connectivity index (χ0v) is 15.0. The second-order valence-corrected chi connectivity index (χ2v) is 8.34. The molecule has 0 saturated heterocycles. The molecule has 2 unspecified atom stereocenters. The molecule has 0 heterocycles. The number of ether oxygens (including phenoxy) is 1. The van der Waals surface area contributed by atoms with Crippen LogP contribution in [0.3, 0.4) is 0 Å². The van der Waals surface area contributed by atoms with Crippen molar-refractivity contribution >= 4 is 11.6 Å². The monoisotopic (exact) mass is 342 g/mol. The van der Waals surface area contributed by atoms with Gasteiger partial charge in [-0.3, -0.25) is 4.79 Å². The molecule has 1 aromatic carbocycles. The lowest BCUT2D eigenvalue weighted by Gasteiger charge is -2.43. The van der Waals surface area contributed by atoms with Crippen LogP contribution in [-0.2, 0) is 16.1 Å². The van der Waals surface area contributed by atoms with Crippen molar-refractivity contribution in [3.8, 4) is 0 Å². The van der Waals surface area contributed by atoms with Crippen molar-refractivity contribution in [2.45, 2.75) is 57.6 Å². The Balaban J connectivity index is 1.32. The molecule has 0 spiro atoms. The number of amides is 1. The molecule has 3 fully saturated rings. The average Bonchev–Trinajstić information content (AvgIpc) is 3.39. The van der Waals surface area contributed by atoms with Gasteiger partial charge in [0.05, 0.1) is 6.61 Å². The first-order valence-corrected chi connectivity index (χ1v) is 9.92. The number of hydrogen-bond donors (Lipinski definition) is 2. The minimum absolute atomic E-state index is 0.116. The number of benzene rings is 1. The van der Waals surface area contributed by atoms with Crippen LogP contribution in [0.5, 0.6) is 0 Å². The highest BCUT2D eigenvalue weighted by atomic mass is 16.5. The summed E-state index contributed by atoms with van der Waals surface area (Å²) in [6, 6.07) is 8.38. The largest absolute Gasteiger partial charge is 0.376 e. The topological polar surface area (TPSA) is 64.4 Å². The van der Waals surface area contributed by atoms with Crippen LogP contribution >= 0.6 is 0 Å². The Kier molecular flexibility index (Phi) is 5.09. The Morgan fingerprint density at radius 1 is 1.16 bits per heavy atom. The van der Waals surface area contributed by atoms with Gasteiger partial charge in [-0.15, -0.1) is 0 Å². The number of hydrogen-bond acceptors (Lipinski definition) is 3. The fraction of sp³-hybridized carbons (Fsp3) is 0.667. The van der Waals surface area contributed by atoms with Crippen molar-refractivity contribution in [1.29, 1.82) is 0 Å². The molecule has 2 atom stereocenters. The van der Waals surface area contributed by atoms with Crippen molar-refractivity contribution in [2.24, 2.45) is 29.4 Å². The molecule has 3 N–H and O–H groups in total. The summed E-state index contributed by atoms with van der Waals surface area (Å²) < 4.78 is 5.76. The van der Waals surface area contributed by atoms with Crippen LogP contribution in [0.4, 0.5) is 5.69 Å². The summed E-state index contributed by atoms with van der Waals surface area (Å²) in [5, 5.41) is 3.13. The SMILES string of the molecule is NC1C2CCCC1CC(C(=O)Nc1cccc(COCC3CC3)c1)C2. The maximum absolute atomic E-state index is 12.7. The Morgan fingerprint density at radius 3 is 2.64 bits per heavy atom. The number of carbonyl (C=O) groups is 1. The summed E-state index contributed by atoms with van der Waals surface area (Å²) in [5.41, 5.74) is 8.36. The molecule has 136 valence electrons. The standard InChI is InChI=1S/C21H30N2O2/c22-20-16-4-2-5-17(20)11-18(10-16)21(24)23-19-6-1-3-15(9-19)13-25-12-14-7-8-14/h1,3,6,9,14,16-18,20H,2,4-5,7-8,10-13,22H2,(H,23,24).